The number of ether oxygens (including phenoxy) is 1. The first-order chi connectivity index (χ1) is 5.57. The van der Waals surface area contributed by atoms with Gasteiger partial charge in [-0.25, -0.2) is 0 Å². The van der Waals surface area contributed by atoms with Gasteiger partial charge < -0.3 is 4.74 Å². The molecule has 0 aromatic heterocycles. The molecule has 1 unspecified atom stereocenters. The van der Waals surface area contributed by atoms with Gasteiger partial charge in [0.05, 0.1) is 12.5 Å². The van der Waals surface area contributed by atoms with Crippen molar-refractivity contribution < 1.29 is 9.53 Å². The van der Waals surface area contributed by atoms with Crippen molar-refractivity contribution in [2.75, 3.05) is 6.61 Å². The smallest absolute Gasteiger partial charge is 0.308 e. The van der Waals surface area contributed by atoms with Gasteiger partial charge in [0, 0.05) is 0 Å². The second-order valence-electron chi connectivity index (χ2n) is 3.62. The zero-order chi connectivity index (χ0) is 9.56. The minimum absolute atomic E-state index is 0.0573. The lowest BCUT2D eigenvalue weighted by molar-refractivity contribution is -0.147. The van der Waals surface area contributed by atoms with Gasteiger partial charge in [-0.2, -0.15) is 0 Å². The van der Waals surface area contributed by atoms with Crippen LogP contribution in [-0.2, 0) is 9.53 Å². The summed E-state index contributed by atoms with van der Waals surface area (Å²) >= 11 is 0. The second kappa shape index (κ2) is 6.04. The number of hydrogen-bond acceptors (Lipinski definition) is 2. The number of carbonyl (C=O) groups is 1. The minimum atomic E-state index is -0.0573. The Hall–Kier alpha value is -0.530. The molecular weight excluding hydrogens is 152 g/mol. The normalized spacial score (nSPS) is 13.1. The molecule has 0 fully saturated rings. The molecule has 0 radical (unpaired) electrons. The highest BCUT2D eigenvalue weighted by atomic mass is 16.5. The molecule has 2 heteroatoms. The van der Waals surface area contributed by atoms with Gasteiger partial charge in [-0.05, 0) is 19.3 Å². The van der Waals surface area contributed by atoms with Crippen LogP contribution in [-0.4, -0.2) is 12.6 Å². The van der Waals surface area contributed by atoms with Gasteiger partial charge in [0.1, 0.15) is 0 Å². The van der Waals surface area contributed by atoms with Crippen LogP contribution in [0.3, 0.4) is 0 Å². The summed E-state index contributed by atoms with van der Waals surface area (Å²) in [5.74, 6) is 0.673. The number of esters is 1. The van der Waals surface area contributed by atoms with Crippen LogP contribution < -0.4 is 0 Å². The molecule has 72 valence electrons. The summed E-state index contributed by atoms with van der Waals surface area (Å²) in [5, 5.41) is 0. The summed E-state index contributed by atoms with van der Waals surface area (Å²) in [6.07, 6.45) is 2.04. The average molecular weight is 172 g/mol. The number of rotatable bonds is 5. The first-order valence-corrected chi connectivity index (χ1v) is 4.74. The molecule has 0 aromatic rings. The molecular formula is C10H20O2. The fourth-order valence-corrected chi connectivity index (χ4v) is 0.986. The van der Waals surface area contributed by atoms with E-state index in [0.717, 1.165) is 12.8 Å². The lowest BCUT2D eigenvalue weighted by Gasteiger charge is -2.11. The van der Waals surface area contributed by atoms with Crippen LogP contribution >= 0.6 is 0 Å². The van der Waals surface area contributed by atoms with E-state index in [1.165, 1.54) is 0 Å². The first kappa shape index (κ1) is 11.5. The Balaban J connectivity index is 3.56. The van der Waals surface area contributed by atoms with E-state index in [1.807, 2.05) is 13.8 Å². The van der Waals surface area contributed by atoms with Crippen LogP contribution in [0.1, 0.15) is 40.5 Å². The quantitative estimate of drug-likeness (QED) is 0.596. The Kier molecular flexibility index (Phi) is 5.77. The average Bonchev–Trinajstić information content (AvgIpc) is 2.00. The summed E-state index contributed by atoms with van der Waals surface area (Å²) in [4.78, 5) is 11.1. The lowest BCUT2D eigenvalue weighted by Crippen LogP contribution is -2.15. The molecule has 0 aliphatic carbocycles. The highest BCUT2D eigenvalue weighted by Gasteiger charge is 2.13. The Bertz CT molecular complexity index is 130. The van der Waals surface area contributed by atoms with Gasteiger partial charge in [0.15, 0.2) is 0 Å². The van der Waals surface area contributed by atoms with Crippen LogP contribution in [0.5, 0.6) is 0 Å². The predicted molar refractivity (Wildman–Crippen MR) is 49.9 cm³/mol. The van der Waals surface area contributed by atoms with Crippen LogP contribution in [0.25, 0.3) is 0 Å². The highest BCUT2D eigenvalue weighted by molar-refractivity contribution is 5.71. The highest BCUT2D eigenvalue weighted by Crippen LogP contribution is 2.12. The van der Waals surface area contributed by atoms with Gasteiger partial charge in [-0.15, -0.1) is 0 Å². The van der Waals surface area contributed by atoms with Gasteiger partial charge in [-0.1, -0.05) is 27.2 Å². The fraction of sp³-hybridized carbons (Fsp3) is 0.900. The summed E-state index contributed by atoms with van der Waals surface area (Å²) in [7, 11) is 0. The van der Waals surface area contributed by atoms with E-state index in [0.29, 0.717) is 12.5 Å². The molecule has 0 saturated carbocycles. The summed E-state index contributed by atoms with van der Waals surface area (Å²) in [6, 6.07) is 0. The molecule has 12 heavy (non-hydrogen) atoms. The molecule has 2 nitrogen and oxygen atoms in total. The maximum Gasteiger partial charge on any atom is 0.308 e. The summed E-state index contributed by atoms with van der Waals surface area (Å²) < 4.78 is 4.90. The molecule has 0 bridgehead atoms. The van der Waals surface area contributed by atoms with Crippen molar-refractivity contribution in [3.05, 3.63) is 0 Å². The molecule has 1 atom stereocenters. The molecule has 0 spiro atoms. The van der Waals surface area contributed by atoms with Crippen molar-refractivity contribution in [2.24, 2.45) is 11.8 Å². The summed E-state index contributed by atoms with van der Waals surface area (Å²) in [6.45, 7) is 8.59. The van der Waals surface area contributed by atoms with Crippen molar-refractivity contribution in [1.29, 1.82) is 0 Å². The van der Waals surface area contributed by atoms with E-state index in [4.69, 9.17) is 4.74 Å². The van der Waals surface area contributed by atoms with Gasteiger partial charge in [0.25, 0.3) is 0 Å². The molecule has 0 N–H and O–H groups in total. The van der Waals surface area contributed by atoms with E-state index >= 15 is 0 Å². The summed E-state index contributed by atoms with van der Waals surface area (Å²) in [5.41, 5.74) is 0. The monoisotopic (exact) mass is 172 g/mol. The van der Waals surface area contributed by atoms with Crippen molar-refractivity contribution in [1.82, 2.24) is 0 Å². The lowest BCUT2D eigenvalue weighted by atomic mass is 10.00. The Morgan fingerprint density at radius 1 is 1.25 bits per heavy atom. The third-order valence-corrected chi connectivity index (χ3v) is 1.87. The molecule has 0 rings (SSSR count). The SMILES string of the molecule is CCOC(=O)C(C)CCC(C)C. The third-order valence-electron chi connectivity index (χ3n) is 1.87. The molecule has 0 aromatic carbocycles. The molecule has 0 amide bonds. The second-order valence-corrected chi connectivity index (χ2v) is 3.62. The standard InChI is InChI=1S/C10H20O2/c1-5-12-10(11)9(4)7-6-8(2)3/h8-9H,5-7H2,1-4H3. The van der Waals surface area contributed by atoms with Crippen molar-refractivity contribution in [3.63, 3.8) is 0 Å². The zero-order valence-corrected chi connectivity index (χ0v) is 8.59. The first-order valence-electron chi connectivity index (χ1n) is 4.74. The van der Waals surface area contributed by atoms with Crippen LogP contribution in [0.4, 0.5) is 0 Å². The van der Waals surface area contributed by atoms with E-state index in [9.17, 15) is 4.79 Å². The molecule has 0 saturated heterocycles. The third kappa shape index (κ3) is 5.16. The Morgan fingerprint density at radius 2 is 1.83 bits per heavy atom. The van der Waals surface area contributed by atoms with E-state index in [-0.39, 0.29) is 11.9 Å². The molecule has 0 aliphatic rings. The van der Waals surface area contributed by atoms with Crippen molar-refractivity contribution in [2.45, 2.75) is 40.5 Å². The van der Waals surface area contributed by atoms with E-state index in [1.54, 1.807) is 0 Å². The van der Waals surface area contributed by atoms with Gasteiger partial charge >= 0.3 is 5.97 Å². The van der Waals surface area contributed by atoms with E-state index < -0.39 is 0 Å². The predicted octanol–water partition coefficient (Wildman–Crippen LogP) is 2.62. The maximum atomic E-state index is 11.1. The van der Waals surface area contributed by atoms with Gasteiger partial charge in [0.2, 0.25) is 0 Å². The van der Waals surface area contributed by atoms with Crippen molar-refractivity contribution in [3.8, 4) is 0 Å². The molecule has 0 heterocycles. The number of carbonyl (C=O) groups excluding carboxylic acids is 1. The minimum Gasteiger partial charge on any atom is -0.466 e. The van der Waals surface area contributed by atoms with E-state index in [2.05, 4.69) is 13.8 Å². The largest absolute Gasteiger partial charge is 0.466 e. The Labute approximate surface area is 75.3 Å². The zero-order valence-electron chi connectivity index (χ0n) is 8.59. The van der Waals surface area contributed by atoms with Crippen LogP contribution in [0, 0.1) is 11.8 Å². The Morgan fingerprint density at radius 3 is 2.25 bits per heavy atom. The topological polar surface area (TPSA) is 26.3 Å². The fourth-order valence-electron chi connectivity index (χ4n) is 0.986. The van der Waals surface area contributed by atoms with Crippen LogP contribution in [0.2, 0.25) is 0 Å². The van der Waals surface area contributed by atoms with Crippen LogP contribution in [0.15, 0.2) is 0 Å². The molecule has 0 aliphatic heterocycles. The van der Waals surface area contributed by atoms with Crippen molar-refractivity contribution >= 4 is 5.97 Å². The maximum absolute atomic E-state index is 11.1. The van der Waals surface area contributed by atoms with Gasteiger partial charge in [-0.3, -0.25) is 4.79 Å². The number of hydrogen-bond donors (Lipinski definition) is 0.